The number of benzene rings is 4. The highest BCUT2D eigenvalue weighted by Crippen LogP contribution is 2.42. The Morgan fingerprint density at radius 1 is 0.905 bits per heavy atom. The molecule has 0 aliphatic carbocycles. The molecule has 4 aromatic carbocycles. The van der Waals surface area contributed by atoms with E-state index >= 15 is 4.39 Å². The highest BCUT2D eigenvalue weighted by molar-refractivity contribution is 7.90. The maximum Gasteiger partial charge on any atom is 0.338 e. The second kappa shape index (κ2) is 9.92. The molecule has 0 aliphatic rings. The van der Waals surface area contributed by atoms with Crippen LogP contribution in [0.1, 0.15) is 41.4 Å². The summed E-state index contributed by atoms with van der Waals surface area (Å²) in [6.07, 6.45) is 1.47. The number of aromatic nitrogens is 3. The zero-order valence-electron chi connectivity index (χ0n) is 22.8. The van der Waals surface area contributed by atoms with Gasteiger partial charge in [0.15, 0.2) is 0 Å². The van der Waals surface area contributed by atoms with Gasteiger partial charge in [0.1, 0.15) is 11.6 Å². The van der Waals surface area contributed by atoms with E-state index in [0.29, 0.717) is 38.6 Å². The van der Waals surface area contributed by atoms with Gasteiger partial charge in [0.25, 0.3) is 10.0 Å². The Hall–Kier alpha value is -4.83. The number of carboxylic acids is 1. The van der Waals surface area contributed by atoms with Crippen molar-refractivity contribution in [3.05, 3.63) is 114 Å². The summed E-state index contributed by atoms with van der Waals surface area (Å²) in [5, 5.41) is 14.8. The van der Waals surface area contributed by atoms with Crippen molar-refractivity contribution in [1.82, 2.24) is 13.8 Å². The topological polar surface area (TPSA) is 94.2 Å². The molecule has 6 rings (SSSR count). The fourth-order valence-corrected chi connectivity index (χ4v) is 6.64. The second-order valence-corrected chi connectivity index (χ2v) is 12.2. The third-order valence-corrected chi connectivity index (χ3v) is 8.94. The fraction of sp³-hybridized carbons (Fsp3) is 0.125. The first-order chi connectivity index (χ1) is 20.0. The monoisotopic (exact) mass is 585 g/mol. The number of carboxylic acid groups (broad SMARTS) is 1. The highest BCUT2D eigenvalue weighted by Gasteiger charge is 2.26. The number of halogens is 2. The van der Waals surface area contributed by atoms with Crippen molar-refractivity contribution in [3.63, 3.8) is 0 Å². The Kier molecular flexibility index (Phi) is 6.46. The quantitative estimate of drug-likeness (QED) is 0.222. The van der Waals surface area contributed by atoms with Gasteiger partial charge in [0.2, 0.25) is 0 Å². The van der Waals surface area contributed by atoms with E-state index in [0.717, 1.165) is 15.3 Å². The van der Waals surface area contributed by atoms with Crippen LogP contribution in [0.3, 0.4) is 0 Å². The third-order valence-electron chi connectivity index (χ3n) is 7.33. The van der Waals surface area contributed by atoms with Gasteiger partial charge in [0, 0.05) is 27.7 Å². The van der Waals surface area contributed by atoms with Crippen LogP contribution >= 0.6 is 0 Å². The van der Waals surface area contributed by atoms with Crippen LogP contribution in [0, 0.1) is 18.6 Å². The lowest BCUT2D eigenvalue weighted by Gasteiger charge is -2.16. The van der Waals surface area contributed by atoms with Crippen molar-refractivity contribution in [1.29, 1.82) is 0 Å². The minimum absolute atomic E-state index is 0.0801. The van der Waals surface area contributed by atoms with E-state index in [9.17, 15) is 22.7 Å². The molecule has 0 spiro atoms. The molecule has 0 bridgehead atoms. The molecule has 0 amide bonds. The summed E-state index contributed by atoms with van der Waals surface area (Å²) < 4.78 is 59.1. The van der Waals surface area contributed by atoms with Gasteiger partial charge in [-0.15, -0.1) is 0 Å². The summed E-state index contributed by atoms with van der Waals surface area (Å²) >= 11 is 0. The number of rotatable bonds is 6. The van der Waals surface area contributed by atoms with Gasteiger partial charge >= 0.3 is 5.97 Å². The van der Waals surface area contributed by atoms with Crippen LogP contribution in [-0.4, -0.2) is 33.2 Å². The predicted molar refractivity (Wildman–Crippen MR) is 157 cm³/mol. The molecule has 0 fully saturated rings. The molecule has 0 radical (unpaired) electrons. The maximum atomic E-state index is 15.0. The van der Waals surface area contributed by atoms with E-state index in [1.54, 1.807) is 36.4 Å². The summed E-state index contributed by atoms with van der Waals surface area (Å²) in [4.78, 5) is 11.6. The van der Waals surface area contributed by atoms with Gasteiger partial charge in [-0.2, -0.15) is 17.6 Å². The van der Waals surface area contributed by atoms with Gasteiger partial charge in [-0.25, -0.2) is 13.6 Å². The zero-order chi connectivity index (χ0) is 29.9. The molecule has 10 heteroatoms. The largest absolute Gasteiger partial charge is 0.478 e. The summed E-state index contributed by atoms with van der Waals surface area (Å²) in [5.74, 6) is -2.82. The third kappa shape index (κ3) is 4.35. The van der Waals surface area contributed by atoms with E-state index in [1.807, 2.05) is 25.3 Å². The van der Waals surface area contributed by atoms with Crippen LogP contribution in [0.4, 0.5) is 8.78 Å². The lowest BCUT2D eigenvalue weighted by atomic mass is 9.95. The number of hydrogen-bond acceptors (Lipinski definition) is 4. The predicted octanol–water partition coefficient (Wildman–Crippen LogP) is 7.29. The molecule has 212 valence electrons. The van der Waals surface area contributed by atoms with Crippen molar-refractivity contribution < 1.29 is 27.1 Å². The molecule has 1 N–H and O–H groups in total. The van der Waals surface area contributed by atoms with Gasteiger partial charge < -0.3 is 9.67 Å². The molecular weight excluding hydrogens is 560 g/mol. The maximum absolute atomic E-state index is 15.0. The normalized spacial score (nSPS) is 12.0. The van der Waals surface area contributed by atoms with Gasteiger partial charge in [-0.05, 0) is 79.1 Å². The van der Waals surface area contributed by atoms with Crippen LogP contribution in [0.25, 0.3) is 38.6 Å². The minimum Gasteiger partial charge on any atom is -0.478 e. The lowest BCUT2D eigenvalue weighted by Crippen LogP contribution is -2.14. The Morgan fingerprint density at radius 2 is 1.60 bits per heavy atom. The molecule has 0 saturated heterocycles. The molecule has 42 heavy (non-hydrogen) atoms. The summed E-state index contributed by atoms with van der Waals surface area (Å²) in [6.45, 7) is 5.79. The molecule has 0 unspecified atom stereocenters. The van der Waals surface area contributed by atoms with Crippen LogP contribution in [0.2, 0.25) is 0 Å². The van der Waals surface area contributed by atoms with Crippen molar-refractivity contribution in [3.8, 4) is 16.8 Å². The molecule has 0 atom stereocenters. The molecule has 0 aliphatic heterocycles. The van der Waals surface area contributed by atoms with Crippen LogP contribution < -0.4 is 0 Å². The van der Waals surface area contributed by atoms with Crippen molar-refractivity contribution in [2.24, 2.45) is 0 Å². The minimum atomic E-state index is -4.05. The van der Waals surface area contributed by atoms with Crippen molar-refractivity contribution in [2.75, 3.05) is 0 Å². The smallest absolute Gasteiger partial charge is 0.338 e. The molecule has 6 aromatic rings. The first kappa shape index (κ1) is 27.3. The van der Waals surface area contributed by atoms with Gasteiger partial charge in [-0.1, -0.05) is 37.6 Å². The summed E-state index contributed by atoms with van der Waals surface area (Å²) in [5.41, 5.74) is 3.86. The standard InChI is InChI=1S/C32H25F2N3O4S/c1-18(2)31-30(20-6-13-25(32(38)39)27(34)14-20)26-16-28-21(15-29(26)36(31)23-9-7-22(33)8-10-23)17-35-37(28)42(40,41)24-11-4-19(3)5-12-24/h4-18H,1-3H3,(H,38,39). The molecule has 0 saturated carbocycles. The first-order valence-corrected chi connectivity index (χ1v) is 14.6. The Bertz CT molecular complexity index is 2130. The average molecular weight is 586 g/mol. The number of fused-ring (bicyclic) bond motifs is 2. The van der Waals surface area contributed by atoms with E-state index in [2.05, 4.69) is 5.10 Å². The fourth-order valence-electron chi connectivity index (χ4n) is 5.37. The molecule has 2 aromatic heterocycles. The molecular formula is C32H25F2N3O4S. The number of aryl methyl sites for hydroxylation is 1. The first-order valence-electron chi connectivity index (χ1n) is 13.1. The Labute approximate surface area is 240 Å². The summed E-state index contributed by atoms with van der Waals surface area (Å²) in [6, 6.07) is 19.8. The lowest BCUT2D eigenvalue weighted by molar-refractivity contribution is 0.0692. The summed E-state index contributed by atoms with van der Waals surface area (Å²) in [7, 11) is -4.05. The van der Waals surface area contributed by atoms with E-state index in [4.69, 9.17) is 0 Å². The number of aromatic carboxylic acids is 1. The van der Waals surface area contributed by atoms with E-state index in [1.165, 1.54) is 48.7 Å². The molecule has 2 heterocycles. The van der Waals surface area contributed by atoms with Crippen LogP contribution in [0.15, 0.2) is 90.0 Å². The zero-order valence-corrected chi connectivity index (χ0v) is 23.7. The second-order valence-electron chi connectivity index (χ2n) is 10.5. The van der Waals surface area contributed by atoms with E-state index < -0.39 is 33.2 Å². The SMILES string of the molecule is Cc1ccc(S(=O)(=O)n2ncc3cc4c(cc32)c(-c2ccc(C(=O)O)c(F)c2)c(C(C)C)n4-c2ccc(F)cc2)cc1. The van der Waals surface area contributed by atoms with Crippen LogP contribution in [0.5, 0.6) is 0 Å². The number of hydrogen-bond donors (Lipinski definition) is 1. The van der Waals surface area contributed by atoms with Gasteiger partial charge in [-0.3, -0.25) is 0 Å². The highest BCUT2D eigenvalue weighted by atomic mass is 32.2. The Morgan fingerprint density at radius 3 is 2.21 bits per heavy atom. The van der Waals surface area contributed by atoms with Crippen molar-refractivity contribution in [2.45, 2.75) is 31.6 Å². The molecule has 7 nitrogen and oxygen atoms in total. The average Bonchev–Trinajstić information content (AvgIpc) is 3.51. The Balaban J connectivity index is 1.71. The van der Waals surface area contributed by atoms with E-state index in [-0.39, 0.29) is 10.8 Å². The number of carbonyl (C=O) groups is 1. The van der Waals surface area contributed by atoms with Crippen molar-refractivity contribution >= 4 is 37.8 Å². The number of nitrogens with zero attached hydrogens (tertiary/aromatic N) is 3. The van der Waals surface area contributed by atoms with Gasteiger partial charge in [0.05, 0.1) is 27.7 Å². The van der Waals surface area contributed by atoms with Crippen LogP contribution in [-0.2, 0) is 10.0 Å².